The molecule has 0 amide bonds. The van der Waals surface area contributed by atoms with Crippen LogP contribution in [0.5, 0.6) is 0 Å². The van der Waals surface area contributed by atoms with Gasteiger partial charge in [-0.1, -0.05) is 11.8 Å². The summed E-state index contributed by atoms with van der Waals surface area (Å²) in [4.78, 5) is 19.6. The van der Waals surface area contributed by atoms with Crippen LogP contribution >= 0.6 is 11.8 Å². The van der Waals surface area contributed by atoms with Crippen LogP contribution in [-0.4, -0.2) is 16.8 Å². The van der Waals surface area contributed by atoms with E-state index >= 15 is 0 Å². The van der Waals surface area contributed by atoms with E-state index in [-0.39, 0.29) is 10.9 Å². The van der Waals surface area contributed by atoms with Gasteiger partial charge in [0.2, 0.25) is 0 Å². The van der Waals surface area contributed by atoms with E-state index in [1.165, 1.54) is 6.92 Å². The lowest BCUT2D eigenvalue weighted by atomic mass is 10.8. The van der Waals surface area contributed by atoms with Crippen molar-refractivity contribution >= 4 is 22.8 Å². The van der Waals surface area contributed by atoms with Gasteiger partial charge in [-0.2, -0.15) is 0 Å². The molecule has 0 radical (unpaired) electrons. The fourth-order valence-corrected chi connectivity index (χ4v) is 0.482. The molecule has 0 atom stereocenters. The molecule has 0 aromatic carbocycles. The van der Waals surface area contributed by atoms with E-state index in [0.717, 1.165) is 11.8 Å². The zero-order chi connectivity index (χ0) is 6.57. The van der Waals surface area contributed by atoms with Gasteiger partial charge in [-0.3, -0.25) is 4.79 Å². The zero-order valence-electron chi connectivity index (χ0n) is 4.34. The van der Waals surface area contributed by atoms with Crippen molar-refractivity contribution in [3.05, 3.63) is 0 Å². The SMILES string of the molecule is CC(=O)SCC(=O)[O-]. The maximum atomic E-state index is 10.0. The van der Waals surface area contributed by atoms with Gasteiger partial charge in [0.15, 0.2) is 5.12 Å². The van der Waals surface area contributed by atoms with Gasteiger partial charge in [-0.25, -0.2) is 0 Å². The van der Waals surface area contributed by atoms with Gasteiger partial charge >= 0.3 is 0 Å². The quantitative estimate of drug-likeness (QED) is 0.485. The van der Waals surface area contributed by atoms with Crippen LogP contribution in [0, 0.1) is 0 Å². The van der Waals surface area contributed by atoms with Crippen molar-refractivity contribution < 1.29 is 14.7 Å². The van der Waals surface area contributed by atoms with Gasteiger partial charge in [-0.05, 0) is 0 Å². The summed E-state index contributed by atoms with van der Waals surface area (Å²) >= 11 is 0.738. The lowest BCUT2D eigenvalue weighted by Crippen LogP contribution is -2.24. The first-order valence-electron chi connectivity index (χ1n) is 1.96. The Hall–Kier alpha value is -0.510. The average molecular weight is 133 g/mol. The Morgan fingerprint density at radius 2 is 2.12 bits per heavy atom. The molecule has 4 heteroatoms. The topological polar surface area (TPSA) is 57.2 Å². The molecule has 0 heterocycles. The highest BCUT2D eigenvalue weighted by molar-refractivity contribution is 8.14. The molecule has 3 nitrogen and oxygen atoms in total. The standard InChI is InChI=1S/C4H6O3S/c1-3(5)8-2-4(6)7/h2H2,1H3,(H,6,7)/p-1. The molecule has 0 aliphatic heterocycles. The molecule has 0 aromatic rings. The Labute approximate surface area is 51.1 Å². The van der Waals surface area contributed by atoms with Crippen molar-refractivity contribution in [2.45, 2.75) is 6.92 Å². The predicted molar refractivity (Wildman–Crippen MR) is 28.1 cm³/mol. The third kappa shape index (κ3) is 5.49. The van der Waals surface area contributed by atoms with Gasteiger partial charge in [0.1, 0.15) is 0 Å². The molecule has 0 saturated heterocycles. The number of aliphatic carboxylic acids is 1. The van der Waals surface area contributed by atoms with Crippen LogP contribution in [0.25, 0.3) is 0 Å². The smallest absolute Gasteiger partial charge is 0.186 e. The minimum Gasteiger partial charge on any atom is -0.549 e. The second-order valence-electron chi connectivity index (χ2n) is 1.15. The summed E-state index contributed by atoms with van der Waals surface area (Å²) < 4.78 is 0. The third-order valence-corrected chi connectivity index (χ3v) is 1.18. The van der Waals surface area contributed by atoms with Crippen LogP contribution in [0.1, 0.15) is 6.92 Å². The first kappa shape index (κ1) is 7.49. The summed E-state index contributed by atoms with van der Waals surface area (Å²) in [6, 6.07) is 0. The number of carbonyl (C=O) groups excluding carboxylic acids is 2. The number of hydrogen-bond donors (Lipinski definition) is 0. The zero-order valence-corrected chi connectivity index (χ0v) is 5.16. The molecular formula is C4H5O3S-. The first-order chi connectivity index (χ1) is 3.63. The van der Waals surface area contributed by atoms with Crippen molar-refractivity contribution in [1.82, 2.24) is 0 Å². The lowest BCUT2D eigenvalue weighted by molar-refractivity contribution is -0.301. The largest absolute Gasteiger partial charge is 0.549 e. The normalized spacial score (nSPS) is 8.62. The van der Waals surface area contributed by atoms with E-state index in [2.05, 4.69) is 0 Å². The number of carbonyl (C=O) groups is 2. The monoisotopic (exact) mass is 133 g/mol. The number of rotatable bonds is 2. The Bertz CT molecular complexity index is 95.9. The Balaban J connectivity index is 3.18. The Morgan fingerprint density at radius 3 is 2.25 bits per heavy atom. The van der Waals surface area contributed by atoms with Crippen LogP contribution in [0.4, 0.5) is 0 Å². The molecule has 0 fully saturated rings. The summed E-state index contributed by atoms with van der Waals surface area (Å²) in [5.41, 5.74) is 0. The maximum absolute atomic E-state index is 10.0. The van der Waals surface area contributed by atoms with Crippen LogP contribution in [0.15, 0.2) is 0 Å². The van der Waals surface area contributed by atoms with Gasteiger partial charge in [0.05, 0.1) is 5.97 Å². The molecular weight excluding hydrogens is 128 g/mol. The molecule has 0 aliphatic rings. The molecule has 0 saturated carbocycles. The van der Waals surface area contributed by atoms with E-state index in [1.54, 1.807) is 0 Å². The first-order valence-corrected chi connectivity index (χ1v) is 2.94. The highest BCUT2D eigenvalue weighted by atomic mass is 32.2. The summed E-state index contributed by atoms with van der Waals surface area (Å²) in [5.74, 6) is -1.44. The molecule has 0 aliphatic carbocycles. The van der Waals surface area contributed by atoms with Crippen molar-refractivity contribution in [2.24, 2.45) is 0 Å². The summed E-state index contributed by atoms with van der Waals surface area (Å²) in [7, 11) is 0. The average Bonchev–Trinajstić information content (AvgIpc) is 1.61. The summed E-state index contributed by atoms with van der Waals surface area (Å²) in [6.07, 6.45) is 0. The van der Waals surface area contributed by atoms with Crippen molar-refractivity contribution in [2.75, 3.05) is 5.75 Å². The maximum Gasteiger partial charge on any atom is 0.186 e. The third-order valence-electron chi connectivity index (χ3n) is 0.393. The van der Waals surface area contributed by atoms with Gasteiger partial charge in [0, 0.05) is 12.7 Å². The van der Waals surface area contributed by atoms with Gasteiger partial charge in [0.25, 0.3) is 0 Å². The second-order valence-corrected chi connectivity index (χ2v) is 2.30. The highest BCUT2D eigenvalue weighted by Gasteiger charge is 1.91. The second kappa shape index (κ2) is 3.49. The number of carboxylic acids is 1. The van der Waals surface area contributed by atoms with Crippen molar-refractivity contribution in [3.8, 4) is 0 Å². The molecule has 8 heavy (non-hydrogen) atoms. The van der Waals surface area contributed by atoms with Crippen LogP contribution < -0.4 is 5.11 Å². The van der Waals surface area contributed by atoms with Gasteiger partial charge < -0.3 is 9.90 Å². The van der Waals surface area contributed by atoms with E-state index in [0.29, 0.717) is 0 Å². The van der Waals surface area contributed by atoms with Crippen molar-refractivity contribution in [1.29, 1.82) is 0 Å². The van der Waals surface area contributed by atoms with Crippen molar-refractivity contribution in [3.63, 3.8) is 0 Å². The van der Waals surface area contributed by atoms with E-state index in [4.69, 9.17) is 0 Å². The van der Waals surface area contributed by atoms with E-state index in [9.17, 15) is 14.7 Å². The lowest BCUT2D eigenvalue weighted by Gasteiger charge is -1.95. The van der Waals surface area contributed by atoms with E-state index in [1.807, 2.05) is 0 Å². The molecule has 0 rings (SSSR count). The van der Waals surface area contributed by atoms with Gasteiger partial charge in [-0.15, -0.1) is 0 Å². The number of carboxylic acid groups (broad SMARTS) is 1. The fourth-order valence-electron chi connectivity index (χ4n) is 0.161. The summed E-state index contributed by atoms with van der Waals surface area (Å²) in [5, 5.41) is 9.42. The minimum absolute atomic E-state index is 0.200. The molecule has 0 aromatic heterocycles. The van der Waals surface area contributed by atoms with E-state index < -0.39 is 5.97 Å². The molecule has 46 valence electrons. The molecule has 0 bridgehead atoms. The molecule has 0 unspecified atom stereocenters. The number of thioether (sulfide) groups is 1. The Kier molecular flexibility index (Phi) is 3.26. The minimum atomic E-state index is -1.20. The molecule has 0 N–H and O–H groups in total. The number of hydrogen-bond acceptors (Lipinski definition) is 4. The van der Waals surface area contributed by atoms with Crippen LogP contribution in [0.2, 0.25) is 0 Å². The highest BCUT2D eigenvalue weighted by Crippen LogP contribution is 1.97. The fraction of sp³-hybridized carbons (Fsp3) is 0.500. The van der Waals surface area contributed by atoms with Crippen LogP contribution in [-0.2, 0) is 9.59 Å². The Morgan fingerprint density at radius 1 is 1.62 bits per heavy atom. The molecule has 0 spiro atoms. The van der Waals surface area contributed by atoms with Crippen LogP contribution in [0.3, 0.4) is 0 Å². The summed E-state index contributed by atoms with van der Waals surface area (Å²) in [6.45, 7) is 1.31. The predicted octanol–water partition coefficient (Wildman–Crippen LogP) is -0.984.